The lowest BCUT2D eigenvalue weighted by Gasteiger charge is -2.07. The molecule has 0 aliphatic heterocycles. The van der Waals surface area contributed by atoms with Crippen molar-refractivity contribution in [3.63, 3.8) is 0 Å². The summed E-state index contributed by atoms with van der Waals surface area (Å²) in [7, 11) is 0. The number of rotatable bonds is 0. The Hall–Kier alpha value is -1.58. The highest BCUT2D eigenvalue weighted by Gasteiger charge is 2.16. The number of H-pyrrole nitrogens is 1. The van der Waals surface area contributed by atoms with E-state index in [1.807, 2.05) is 0 Å². The van der Waals surface area contributed by atoms with Crippen LogP contribution in [0.4, 0.5) is 5.82 Å². The quantitative estimate of drug-likeness (QED) is 0.640. The molecular weight excluding hydrogens is 188 g/mol. The average molecular weight is 202 g/mol. The van der Waals surface area contributed by atoms with Gasteiger partial charge in [0, 0.05) is 5.69 Å². The lowest BCUT2D eigenvalue weighted by Crippen LogP contribution is -2.01. The Bertz CT molecular complexity index is 501. The molecule has 0 aromatic carbocycles. The Balaban J connectivity index is 2.30. The number of nitrogens with two attached hydrogens (primary N) is 1. The van der Waals surface area contributed by atoms with Gasteiger partial charge in [-0.3, -0.25) is 0 Å². The van der Waals surface area contributed by atoms with Crippen LogP contribution in [-0.4, -0.2) is 15.0 Å². The van der Waals surface area contributed by atoms with Crippen LogP contribution >= 0.6 is 0 Å². The van der Waals surface area contributed by atoms with E-state index < -0.39 is 0 Å². The van der Waals surface area contributed by atoms with E-state index in [2.05, 4.69) is 15.0 Å². The Morgan fingerprint density at radius 1 is 1.20 bits per heavy atom. The zero-order valence-corrected chi connectivity index (χ0v) is 8.58. The molecular formula is C11H14N4. The molecule has 0 saturated carbocycles. The Labute approximate surface area is 87.9 Å². The molecule has 2 aromatic heterocycles. The lowest BCUT2D eigenvalue weighted by molar-refractivity contribution is 0.709. The van der Waals surface area contributed by atoms with E-state index in [9.17, 15) is 0 Å². The number of nitrogens with zero attached hydrogens (tertiary/aromatic N) is 2. The summed E-state index contributed by atoms with van der Waals surface area (Å²) in [6.45, 7) is 0. The SMILES string of the molecule is Nc1nc2c(c3[nH]cnc13)CCCCC2. The molecule has 4 heteroatoms. The smallest absolute Gasteiger partial charge is 0.151 e. The van der Waals surface area contributed by atoms with E-state index in [0.717, 1.165) is 23.9 Å². The second-order valence-corrected chi connectivity index (χ2v) is 4.11. The van der Waals surface area contributed by atoms with E-state index in [4.69, 9.17) is 5.73 Å². The van der Waals surface area contributed by atoms with Crippen molar-refractivity contribution in [1.82, 2.24) is 15.0 Å². The van der Waals surface area contributed by atoms with E-state index in [-0.39, 0.29) is 0 Å². The number of imidazole rings is 1. The molecule has 0 amide bonds. The largest absolute Gasteiger partial charge is 0.382 e. The summed E-state index contributed by atoms with van der Waals surface area (Å²) in [5, 5.41) is 0. The van der Waals surface area contributed by atoms with Crippen molar-refractivity contribution in [2.45, 2.75) is 32.1 Å². The van der Waals surface area contributed by atoms with Gasteiger partial charge in [-0.1, -0.05) is 6.42 Å². The molecule has 0 saturated heterocycles. The lowest BCUT2D eigenvalue weighted by atomic mass is 10.1. The van der Waals surface area contributed by atoms with Crippen LogP contribution in [-0.2, 0) is 12.8 Å². The van der Waals surface area contributed by atoms with Crippen LogP contribution in [0, 0.1) is 0 Å². The highest BCUT2D eigenvalue weighted by molar-refractivity contribution is 5.87. The van der Waals surface area contributed by atoms with Crippen LogP contribution in [0.2, 0.25) is 0 Å². The fraction of sp³-hybridized carbons (Fsp3) is 0.455. The summed E-state index contributed by atoms with van der Waals surface area (Å²) in [6, 6.07) is 0. The molecule has 0 atom stereocenters. The van der Waals surface area contributed by atoms with Gasteiger partial charge < -0.3 is 10.7 Å². The van der Waals surface area contributed by atoms with Crippen LogP contribution < -0.4 is 5.73 Å². The van der Waals surface area contributed by atoms with Gasteiger partial charge in [0.25, 0.3) is 0 Å². The second kappa shape index (κ2) is 3.22. The van der Waals surface area contributed by atoms with Crippen molar-refractivity contribution < 1.29 is 0 Å². The minimum atomic E-state index is 0.562. The predicted octanol–water partition coefficient (Wildman–Crippen LogP) is 1.81. The first kappa shape index (κ1) is 8.71. The first-order valence-corrected chi connectivity index (χ1v) is 5.46. The molecule has 78 valence electrons. The van der Waals surface area contributed by atoms with Gasteiger partial charge in [-0.15, -0.1) is 0 Å². The molecule has 0 bridgehead atoms. The van der Waals surface area contributed by atoms with Gasteiger partial charge in [-0.05, 0) is 31.2 Å². The minimum absolute atomic E-state index is 0.562. The maximum atomic E-state index is 5.88. The fourth-order valence-electron chi connectivity index (χ4n) is 2.38. The van der Waals surface area contributed by atoms with Crippen molar-refractivity contribution in [3.05, 3.63) is 17.6 Å². The van der Waals surface area contributed by atoms with Crippen LogP contribution in [0.15, 0.2) is 6.33 Å². The summed E-state index contributed by atoms with van der Waals surface area (Å²) in [5.74, 6) is 0.562. The standard InChI is InChI=1S/C11H14N4/c12-11-10-9(13-6-14-10)7-4-2-1-3-5-8(7)15-11/h6H,1-5H2,(H2,12,15)(H,13,14). The number of nitrogen functional groups attached to an aromatic ring is 1. The maximum Gasteiger partial charge on any atom is 0.151 e. The minimum Gasteiger partial charge on any atom is -0.382 e. The Kier molecular flexibility index (Phi) is 1.87. The molecule has 0 spiro atoms. The zero-order chi connectivity index (χ0) is 10.3. The van der Waals surface area contributed by atoms with Crippen molar-refractivity contribution in [3.8, 4) is 0 Å². The molecule has 0 radical (unpaired) electrons. The second-order valence-electron chi connectivity index (χ2n) is 4.11. The molecule has 0 unspecified atom stereocenters. The Morgan fingerprint density at radius 3 is 3.00 bits per heavy atom. The first-order valence-electron chi connectivity index (χ1n) is 5.46. The Morgan fingerprint density at radius 2 is 2.07 bits per heavy atom. The van der Waals surface area contributed by atoms with Gasteiger partial charge in [-0.2, -0.15) is 0 Å². The topological polar surface area (TPSA) is 67.6 Å². The summed E-state index contributed by atoms with van der Waals surface area (Å²) in [6.07, 6.45) is 7.60. The fourth-order valence-corrected chi connectivity index (χ4v) is 2.38. The first-order chi connectivity index (χ1) is 7.36. The summed E-state index contributed by atoms with van der Waals surface area (Å²) in [4.78, 5) is 11.9. The van der Waals surface area contributed by atoms with Gasteiger partial charge in [0.05, 0.1) is 11.8 Å². The van der Waals surface area contributed by atoms with Gasteiger partial charge in [-0.25, -0.2) is 9.97 Å². The molecule has 4 nitrogen and oxygen atoms in total. The maximum absolute atomic E-state index is 5.88. The number of nitrogens with one attached hydrogen (secondary N) is 1. The average Bonchev–Trinajstić information content (AvgIpc) is 2.60. The third kappa shape index (κ3) is 1.28. The highest BCUT2D eigenvalue weighted by Crippen LogP contribution is 2.27. The van der Waals surface area contributed by atoms with E-state index in [1.54, 1.807) is 6.33 Å². The van der Waals surface area contributed by atoms with Crippen molar-refractivity contribution in [2.75, 3.05) is 5.73 Å². The van der Waals surface area contributed by atoms with Gasteiger partial charge in [0.15, 0.2) is 5.82 Å². The van der Waals surface area contributed by atoms with E-state index in [1.165, 1.54) is 30.5 Å². The van der Waals surface area contributed by atoms with Crippen LogP contribution in [0.25, 0.3) is 11.0 Å². The number of hydrogen-bond donors (Lipinski definition) is 2. The monoisotopic (exact) mass is 202 g/mol. The number of aromatic nitrogens is 3. The number of fused-ring (bicyclic) bond motifs is 3. The van der Waals surface area contributed by atoms with E-state index >= 15 is 0 Å². The third-order valence-corrected chi connectivity index (χ3v) is 3.13. The van der Waals surface area contributed by atoms with Crippen molar-refractivity contribution in [1.29, 1.82) is 0 Å². The van der Waals surface area contributed by atoms with Crippen LogP contribution in [0.3, 0.4) is 0 Å². The molecule has 3 N–H and O–H groups in total. The molecule has 2 aromatic rings. The van der Waals surface area contributed by atoms with Crippen molar-refractivity contribution in [2.24, 2.45) is 0 Å². The molecule has 1 aliphatic carbocycles. The normalized spacial score (nSPS) is 16.3. The van der Waals surface area contributed by atoms with E-state index in [0.29, 0.717) is 5.82 Å². The van der Waals surface area contributed by atoms with Crippen LogP contribution in [0.5, 0.6) is 0 Å². The summed E-state index contributed by atoms with van der Waals surface area (Å²) < 4.78 is 0. The predicted molar refractivity (Wildman–Crippen MR) is 59.6 cm³/mol. The number of aryl methyl sites for hydroxylation is 2. The molecule has 2 heterocycles. The number of anilines is 1. The summed E-state index contributed by atoms with van der Waals surface area (Å²) in [5.41, 5.74) is 10.3. The van der Waals surface area contributed by atoms with Gasteiger partial charge >= 0.3 is 0 Å². The zero-order valence-electron chi connectivity index (χ0n) is 8.58. The third-order valence-electron chi connectivity index (χ3n) is 3.13. The number of hydrogen-bond acceptors (Lipinski definition) is 3. The number of aromatic amines is 1. The molecule has 15 heavy (non-hydrogen) atoms. The van der Waals surface area contributed by atoms with Crippen LogP contribution in [0.1, 0.15) is 30.5 Å². The highest BCUT2D eigenvalue weighted by atomic mass is 14.9. The van der Waals surface area contributed by atoms with Gasteiger partial charge in [0.2, 0.25) is 0 Å². The number of pyridine rings is 1. The molecule has 3 rings (SSSR count). The van der Waals surface area contributed by atoms with Crippen molar-refractivity contribution >= 4 is 16.9 Å². The van der Waals surface area contributed by atoms with Gasteiger partial charge in [0.1, 0.15) is 5.52 Å². The molecule has 0 fully saturated rings. The summed E-state index contributed by atoms with van der Waals surface area (Å²) >= 11 is 0. The molecule has 1 aliphatic rings.